The van der Waals surface area contributed by atoms with Crippen molar-refractivity contribution in [2.24, 2.45) is 13.0 Å². The first-order valence-corrected chi connectivity index (χ1v) is 27.3. The van der Waals surface area contributed by atoms with E-state index in [9.17, 15) is 24.0 Å². The number of imide groups is 1. The summed E-state index contributed by atoms with van der Waals surface area (Å²) in [5.74, 6) is 0.0506. The molecule has 3 aliphatic heterocycles. The molecule has 392 valence electrons. The van der Waals surface area contributed by atoms with Crippen LogP contribution in [-0.4, -0.2) is 98.7 Å². The number of aromatic nitrogens is 4. The number of rotatable bonds is 11. The van der Waals surface area contributed by atoms with E-state index < -0.39 is 17.5 Å². The number of anilines is 3. The largest absolute Gasteiger partial charge is 0.490 e. The number of para-hydroxylation sites is 2. The number of pyridine rings is 1. The number of carbonyl (C=O) groups excluding carboxylic acids is 5. The highest BCUT2D eigenvalue weighted by molar-refractivity contribution is 7.22. The maximum atomic E-state index is 14.1. The number of hydrogen-bond acceptors (Lipinski definition) is 13. The zero-order valence-electron chi connectivity index (χ0n) is 43.7. The van der Waals surface area contributed by atoms with Crippen molar-refractivity contribution in [3.8, 4) is 16.9 Å². The molecule has 4 aromatic carbocycles. The van der Waals surface area contributed by atoms with E-state index in [1.165, 1.54) is 11.3 Å². The Morgan fingerprint density at radius 2 is 1.58 bits per heavy atom. The molecule has 4 aliphatic rings. The van der Waals surface area contributed by atoms with Gasteiger partial charge in [-0.15, -0.1) is 0 Å². The molecule has 1 unspecified atom stereocenters. The molecule has 0 bridgehead atoms. The number of thiazole rings is 1. The molecule has 4 amide bonds. The predicted molar refractivity (Wildman–Crippen MR) is 294 cm³/mol. The summed E-state index contributed by atoms with van der Waals surface area (Å²) in [6, 6.07) is 29.5. The van der Waals surface area contributed by atoms with Crippen LogP contribution in [0.5, 0.6) is 5.75 Å². The van der Waals surface area contributed by atoms with Gasteiger partial charge in [0.2, 0.25) is 17.7 Å². The van der Waals surface area contributed by atoms with E-state index in [1.54, 1.807) is 0 Å². The van der Waals surface area contributed by atoms with Gasteiger partial charge in [0.05, 0.1) is 39.1 Å². The van der Waals surface area contributed by atoms with Crippen LogP contribution in [0.4, 0.5) is 16.6 Å². The van der Waals surface area contributed by atoms with Gasteiger partial charge in [-0.1, -0.05) is 59.9 Å². The number of ether oxygens (including phenoxy) is 2. The summed E-state index contributed by atoms with van der Waals surface area (Å²) < 4.78 is 15.6. The molecule has 3 aromatic heterocycles. The average molecular weight is 1040 g/mol. The Kier molecular flexibility index (Phi) is 13.8. The van der Waals surface area contributed by atoms with E-state index in [0.29, 0.717) is 92.7 Å². The van der Waals surface area contributed by atoms with Crippen LogP contribution in [0.15, 0.2) is 91.0 Å². The first kappa shape index (κ1) is 50.5. The number of aryl methyl sites for hydroxylation is 1. The minimum Gasteiger partial charge on any atom is -0.490 e. The van der Waals surface area contributed by atoms with Gasteiger partial charge < -0.3 is 24.2 Å². The number of carbonyl (C=O) groups is 5. The lowest BCUT2D eigenvalue weighted by atomic mass is 9.85. The fourth-order valence-electron chi connectivity index (χ4n) is 11.5. The fraction of sp³-hybridized carbons (Fsp3) is 0.390. The van der Waals surface area contributed by atoms with Gasteiger partial charge in [-0.25, -0.2) is 14.8 Å². The lowest BCUT2D eigenvalue weighted by Gasteiger charge is -2.37. The zero-order chi connectivity index (χ0) is 52.8. The summed E-state index contributed by atoms with van der Waals surface area (Å²) in [7, 11) is 1.89. The van der Waals surface area contributed by atoms with Crippen molar-refractivity contribution in [3.63, 3.8) is 0 Å². The van der Waals surface area contributed by atoms with Crippen molar-refractivity contribution in [2.45, 2.75) is 103 Å². The van der Waals surface area contributed by atoms with Gasteiger partial charge in [0, 0.05) is 75.7 Å². The molecule has 7 aromatic rings. The minimum absolute atomic E-state index is 0.0185. The first-order chi connectivity index (χ1) is 36.6. The number of benzene rings is 4. The Hall–Kier alpha value is -7.66. The lowest BCUT2D eigenvalue weighted by Crippen LogP contribution is -2.49. The standard InChI is InChI=1S/C59H63N9O7S/c1-35-39(40-23-25-49(61-53(40)57(73)75-59(2,3)4)68-28-27-37-11-8-13-41(44(37)34-68)55(71)63-58-60-45-15-6-7-18-48(45)76-58)12-10-17-47(35)74-38-21-19-36(20-22-38)33-51(70)67-31-29-66(30-32-67)46-16-9-14-42-52(64-65(5)54(42)46)43-24-26-50(69)62-56(43)72/h6-18,23,25,36,38,43H,19-22,24,26-34H2,1-5H3,(H,60,63,71)(H,62,69,72). The second-order valence-corrected chi connectivity index (χ2v) is 22.6. The summed E-state index contributed by atoms with van der Waals surface area (Å²) in [6.07, 6.45) is 5.35. The molecule has 1 saturated carbocycles. The molecule has 1 aliphatic carbocycles. The molecule has 6 heterocycles. The van der Waals surface area contributed by atoms with Crippen molar-refractivity contribution in [1.29, 1.82) is 0 Å². The molecule has 76 heavy (non-hydrogen) atoms. The molecule has 1 atom stereocenters. The molecule has 0 spiro atoms. The van der Waals surface area contributed by atoms with Gasteiger partial charge in [0.25, 0.3) is 5.91 Å². The number of hydrogen-bond donors (Lipinski definition) is 2. The van der Waals surface area contributed by atoms with Gasteiger partial charge in [-0.2, -0.15) is 5.10 Å². The minimum atomic E-state index is -0.759. The number of piperazine rings is 1. The van der Waals surface area contributed by atoms with Gasteiger partial charge in [-0.05, 0) is 137 Å². The van der Waals surface area contributed by atoms with Crippen LogP contribution in [-0.2, 0) is 39.1 Å². The highest BCUT2D eigenvalue weighted by Gasteiger charge is 2.34. The number of nitrogens with one attached hydrogen (secondary N) is 2. The maximum absolute atomic E-state index is 14.1. The smallest absolute Gasteiger partial charge is 0.358 e. The van der Waals surface area contributed by atoms with E-state index in [1.807, 2.05) is 123 Å². The number of fused-ring (bicyclic) bond motifs is 3. The molecule has 3 fully saturated rings. The molecule has 2 saturated heterocycles. The SMILES string of the molecule is Cc1c(OC2CCC(CC(=O)N3CCN(c4cccc5c(C6CCC(=O)NC6=O)nn(C)c45)CC3)CC2)cccc1-c1ccc(N2CCc3cccc(C(=O)Nc4nc5ccccc5s4)c3C2)nc1C(=O)OC(C)(C)C. The highest BCUT2D eigenvalue weighted by atomic mass is 32.1. The lowest BCUT2D eigenvalue weighted by molar-refractivity contribution is -0.134. The van der Waals surface area contributed by atoms with Crippen molar-refractivity contribution in [3.05, 3.63) is 125 Å². The van der Waals surface area contributed by atoms with E-state index >= 15 is 0 Å². The fourth-order valence-corrected chi connectivity index (χ4v) is 12.3. The number of nitrogens with zero attached hydrogens (tertiary/aromatic N) is 7. The Morgan fingerprint density at radius 3 is 2.36 bits per heavy atom. The van der Waals surface area contributed by atoms with E-state index in [0.717, 1.165) is 80.5 Å². The van der Waals surface area contributed by atoms with Crippen molar-refractivity contribution in [2.75, 3.05) is 47.8 Å². The molecule has 16 nitrogen and oxygen atoms in total. The summed E-state index contributed by atoms with van der Waals surface area (Å²) in [5.41, 5.74) is 7.89. The van der Waals surface area contributed by atoms with Gasteiger partial charge in [0.1, 0.15) is 17.2 Å². The van der Waals surface area contributed by atoms with Crippen molar-refractivity contribution >= 4 is 78.7 Å². The number of piperidine rings is 1. The Bertz CT molecular complexity index is 3380. The average Bonchev–Trinajstić information content (AvgIpc) is 4.00. The molecular weight excluding hydrogens is 979 g/mol. The van der Waals surface area contributed by atoms with Crippen LogP contribution >= 0.6 is 11.3 Å². The van der Waals surface area contributed by atoms with E-state index in [2.05, 4.69) is 37.6 Å². The first-order valence-electron chi connectivity index (χ1n) is 26.5. The Balaban J connectivity index is 0.726. The highest BCUT2D eigenvalue weighted by Crippen LogP contribution is 2.39. The zero-order valence-corrected chi connectivity index (χ0v) is 44.5. The van der Waals surface area contributed by atoms with E-state index in [4.69, 9.17) is 19.6 Å². The maximum Gasteiger partial charge on any atom is 0.358 e. The molecule has 2 N–H and O–H groups in total. The Morgan fingerprint density at radius 1 is 0.803 bits per heavy atom. The Labute approximate surface area is 445 Å². The van der Waals surface area contributed by atoms with Crippen LogP contribution in [0.3, 0.4) is 0 Å². The third-order valence-corrected chi connectivity index (χ3v) is 16.3. The molecule has 17 heteroatoms. The second kappa shape index (κ2) is 20.8. The third-order valence-electron chi connectivity index (χ3n) is 15.4. The monoisotopic (exact) mass is 1040 g/mol. The topological polar surface area (TPSA) is 181 Å². The normalized spacial score (nSPS) is 19.1. The van der Waals surface area contributed by atoms with Crippen LogP contribution in [0.2, 0.25) is 0 Å². The van der Waals surface area contributed by atoms with Crippen LogP contribution in [0.25, 0.3) is 32.2 Å². The van der Waals surface area contributed by atoms with Crippen molar-refractivity contribution in [1.82, 2.24) is 30.0 Å². The summed E-state index contributed by atoms with van der Waals surface area (Å²) >= 11 is 1.44. The molecule has 0 radical (unpaired) electrons. The summed E-state index contributed by atoms with van der Waals surface area (Å²) in [5, 5.41) is 11.7. The van der Waals surface area contributed by atoms with Crippen LogP contribution in [0, 0.1) is 12.8 Å². The van der Waals surface area contributed by atoms with Crippen LogP contribution in [0.1, 0.15) is 115 Å². The van der Waals surface area contributed by atoms with E-state index in [-0.39, 0.29) is 41.3 Å². The summed E-state index contributed by atoms with van der Waals surface area (Å²) in [6.45, 7) is 11.2. The van der Waals surface area contributed by atoms with Gasteiger partial charge in [-0.3, -0.25) is 34.5 Å². The van der Waals surface area contributed by atoms with Gasteiger partial charge in [0.15, 0.2) is 10.8 Å². The third kappa shape index (κ3) is 10.4. The predicted octanol–water partition coefficient (Wildman–Crippen LogP) is 9.52. The summed E-state index contributed by atoms with van der Waals surface area (Å²) in [4.78, 5) is 82.4. The molecule has 11 rings (SSSR count). The quantitative estimate of drug-likeness (QED) is 0.0927. The number of esters is 1. The van der Waals surface area contributed by atoms with Gasteiger partial charge >= 0.3 is 5.97 Å². The molecular formula is C59H63N9O7S. The van der Waals surface area contributed by atoms with Crippen LogP contribution < -0.4 is 25.2 Å². The number of amides is 4. The van der Waals surface area contributed by atoms with Crippen molar-refractivity contribution < 1.29 is 33.4 Å². The second-order valence-electron chi connectivity index (χ2n) is 21.6.